The molecule has 10 heteroatoms. The second kappa shape index (κ2) is 3.92. The van der Waals surface area contributed by atoms with Crippen LogP contribution in [-0.4, -0.2) is 29.5 Å². The molecule has 0 saturated heterocycles. The van der Waals surface area contributed by atoms with Crippen LogP contribution in [0.1, 0.15) is 5.69 Å². The predicted octanol–water partition coefficient (Wildman–Crippen LogP) is 1.15. The molecule has 2 N–H and O–H groups in total. The number of fused-ring (bicyclic) bond motifs is 1. The van der Waals surface area contributed by atoms with Crippen molar-refractivity contribution in [3.05, 3.63) is 24.0 Å². The van der Waals surface area contributed by atoms with Crippen molar-refractivity contribution in [3.63, 3.8) is 0 Å². The summed E-state index contributed by atoms with van der Waals surface area (Å²) < 4.78 is 40.7. The summed E-state index contributed by atoms with van der Waals surface area (Å²) in [6.45, 7) is 0. The molecule has 7 nitrogen and oxygen atoms in total. The molecule has 3 heterocycles. The first kappa shape index (κ1) is 12.4. The van der Waals surface area contributed by atoms with E-state index in [1.54, 1.807) is 7.05 Å². The lowest BCUT2D eigenvalue weighted by atomic mass is 10.3. The molecule has 0 atom stereocenters. The Balaban J connectivity index is 2.28. The molecular formula is C10H8F3N7. The normalized spacial score (nSPS) is 12.2. The van der Waals surface area contributed by atoms with Crippen molar-refractivity contribution in [3.8, 4) is 5.82 Å². The number of anilines is 1. The summed E-state index contributed by atoms with van der Waals surface area (Å²) in [4.78, 5) is 7.53. The van der Waals surface area contributed by atoms with Gasteiger partial charge in [0, 0.05) is 7.05 Å². The van der Waals surface area contributed by atoms with Gasteiger partial charge >= 0.3 is 6.18 Å². The Hall–Kier alpha value is -2.65. The molecule has 0 spiro atoms. The molecule has 0 aliphatic rings. The zero-order valence-electron chi connectivity index (χ0n) is 10.1. The Kier molecular flexibility index (Phi) is 2.43. The highest BCUT2D eigenvalue weighted by Gasteiger charge is 2.33. The van der Waals surface area contributed by atoms with Crippen molar-refractivity contribution >= 4 is 17.1 Å². The SMILES string of the molecule is Cn1cc(-n2c(N)nc3ccc(C(F)(F)F)nc32)nn1. The van der Waals surface area contributed by atoms with Gasteiger partial charge in [0.1, 0.15) is 11.2 Å². The van der Waals surface area contributed by atoms with E-state index in [0.29, 0.717) is 0 Å². The Morgan fingerprint density at radius 3 is 2.55 bits per heavy atom. The number of alkyl halides is 3. The number of hydrogen-bond acceptors (Lipinski definition) is 5. The van der Waals surface area contributed by atoms with Crippen LogP contribution >= 0.6 is 0 Å². The van der Waals surface area contributed by atoms with Gasteiger partial charge in [-0.3, -0.25) is 4.68 Å². The van der Waals surface area contributed by atoms with Crippen LogP contribution in [0.5, 0.6) is 0 Å². The van der Waals surface area contributed by atoms with Gasteiger partial charge in [-0.15, -0.1) is 5.10 Å². The van der Waals surface area contributed by atoms with Crippen molar-refractivity contribution < 1.29 is 13.2 Å². The number of hydrogen-bond donors (Lipinski definition) is 1. The average Bonchev–Trinajstić information content (AvgIpc) is 2.89. The van der Waals surface area contributed by atoms with Gasteiger partial charge in [-0.1, -0.05) is 5.21 Å². The highest BCUT2D eigenvalue weighted by atomic mass is 19.4. The van der Waals surface area contributed by atoms with E-state index in [9.17, 15) is 13.2 Å². The van der Waals surface area contributed by atoms with E-state index in [1.165, 1.54) is 21.5 Å². The van der Waals surface area contributed by atoms with Crippen molar-refractivity contribution in [1.29, 1.82) is 0 Å². The smallest absolute Gasteiger partial charge is 0.369 e. The number of aryl methyl sites for hydroxylation is 1. The average molecular weight is 283 g/mol. The minimum Gasteiger partial charge on any atom is -0.369 e. The lowest BCUT2D eigenvalue weighted by molar-refractivity contribution is -0.141. The highest BCUT2D eigenvalue weighted by molar-refractivity contribution is 5.76. The standard InChI is InChI=1S/C10H8F3N7/c1-19-4-7(17-18-19)20-8-5(15-9(20)14)2-3-6(16-8)10(11,12)13/h2-4H,1H3,(H2,14,15). The van der Waals surface area contributed by atoms with Gasteiger partial charge < -0.3 is 5.73 Å². The zero-order chi connectivity index (χ0) is 14.5. The number of rotatable bonds is 1. The topological polar surface area (TPSA) is 87.4 Å². The number of nitrogens with two attached hydrogens (primary N) is 1. The van der Waals surface area contributed by atoms with Crippen LogP contribution in [0, 0.1) is 0 Å². The van der Waals surface area contributed by atoms with Crippen molar-refractivity contribution in [1.82, 2.24) is 29.5 Å². The molecular weight excluding hydrogens is 275 g/mol. The quantitative estimate of drug-likeness (QED) is 0.723. The number of pyridine rings is 1. The molecule has 0 saturated carbocycles. The van der Waals surface area contributed by atoms with Gasteiger partial charge in [-0.2, -0.15) is 13.2 Å². The van der Waals surface area contributed by atoms with Crippen LogP contribution in [0.3, 0.4) is 0 Å². The largest absolute Gasteiger partial charge is 0.433 e. The summed E-state index contributed by atoms with van der Waals surface area (Å²) in [5.74, 6) is 0.242. The maximum atomic E-state index is 12.7. The van der Waals surface area contributed by atoms with E-state index >= 15 is 0 Å². The van der Waals surface area contributed by atoms with E-state index in [4.69, 9.17) is 5.73 Å². The van der Waals surface area contributed by atoms with Crippen molar-refractivity contribution in [2.75, 3.05) is 5.73 Å². The van der Waals surface area contributed by atoms with E-state index in [-0.39, 0.29) is 22.9 Å². The molecule has 3 aromatic heterocycles. The van der Waals surface area contributed by atoms with Crippen LogP contribution in [0.4, 0.5) is 19.1 Å². The van der Waals surface area contributed by atoms with Gasteiger partial charge in [0.05, 0.1) is 6.20 Å². The third-order valence-corrected chi connectivity index (χ3v) is 2.64. The number of nitrogens with zero attached hydrogens (tertiary/aromatic N) is 6. The monoisotopic (exact) mass is 283 g/mol. The summed E-state index contributed by atoms with van der Waals surface area (Å²) in [7, 11) is 1.63. The summed E-state index contributed by atoms with van der Waals surface area (Å²) in [6.07, 6.45) is -3.04. The first-order valence-corrected chi connectivity index (χ1v) is 5.45. The van der Waals surface area contributed by atoms with Gasteiger partial charge in [-0.25, -0.2) is 14.5 Å². The molecule has 3 rings (SSSR count). The van der Waals surface area contributed by atoms with Crippen LogP contribution in [0.25, 0.3) is 17.0 Å². The minimum atomic E-state index is -4.54. The molecule has 20 heavy (non-hydrogen) atoms. The van der Waals surface area contributed by atoms with Gasteiger partial charge in [-0.05, 0) is 12.1 Å². The highest BCUT2D eigenvalue weighted by Crippen LogP contribution is 2.30. The van der Waals surface area contributed by atoms with Crippen molar-refractivity contribution in [2.45, 2.75) is 6.18 Å². The fourth-order valence-electron chi connectivity index (χ4n) is 1.80. The van der Waals surface area contributed by atoms with Crippen LogP contribution < -0.4 is 5.73 Å². The molecule has 0 aliphatic heterocycles. The molecule has 104 valence electrons. The second-order valence-corrected chi connectivity index (χ2v) is 4.09. The minimum absolute atomic E-state index is 0.00711. The number of nitrogen functional groups attached to an aromatic ring is 1. The fraction of sp³-hybridized carbons (Fsp3) is 0.200. The molecule has 0 unspecified atom stereocenters. The van der Waals surface area contributed by atoms with Crippen LogP contribution in [0.2, 0.25) is 0 Å². The Morgan fingerprint density at radius 2 is 1.95 bits per heavy atom. The molecule has 0 aliphatic carbocycles. The summed E-state index contributed by atoms with van der Waals surface area (Å²) >= 11 is 0. The molecule has 0 radical (unpaired) electrons. The van der Waals surface area contributed by atoms with E-state index in [2.05, 4.69) is 20.3 Å². The van der Waals surface area contributed by atoms with E-state index < -0.39 is 11.9 Å². The third-order valence-electron chi connectivity index (χ3n) is 2.64. The molecule has 0 bridgehead atoms. The van der Waals surface area contributed by atoms with Gasteiger partial charge in [0.2, 0.25) is 5.95 Å². The first-order valence-electron chi connectivity index (χ1n) is 5.45. The molecule has 0 aromatic carbocycles. The maximum Gasteiger partial charge on any atom is 0.433 e. The predicted molar refractivity (Wildman–Crippen MR) is 62.8 cm³/mol. The second-order valence-electron chi connectivity index (χ2n) is 4.09. The van der Waals surface area contributed by atoms with E-state index in [0.717, 1.165) is 6.07 Å². The summed E-state index contributed by atoms with van der Waals surface area (Å²) in [6, 6.07) is 2.07. The Morgan fingerprint density at radius 1 is 1.20 bits per heavy atom. The zero-order valence-corrected chi connectivity index (χ0v) is 10.1. The maximum absolute atomic E-state index is 12.7. The fourth-order valence-corrected chi connectivity index (χ4v) is 1.80. The Bertz CT molecular complexity index is 786. The number of imidazole rings is 1. The summed E-state index contributed by atoms with van der Waals surface area (Å²) in [5.41, 5.74) is 4.92. The van der Waals surface area contributed by atoms with Gasteiger partial charge in [0.15, 0.2) is 11.5 Å². The lowest BCUT2D eigenvalue weighted by Gasteiger charge is -2.06. The Labute approximate surface area is 109 Å². The number of halogens is 3. The van der Waals surface area contributed by atoms with Crippen LogP contribution in [-0.2, 0) is 13.2 Å². The van der Waals surface area contributed by atoms with E-state index in [1.807, 2.05) is 0 Å². The first-order chi connectivity index (χ1) is 9.36. The molecule has 3 aromatic rings. The van der Waals surface area contributed by atoms with Gasteiger partial charge in [0.25, 0.3) is 0 Å². The number of aromatic nitrogens is 6. The molecule has 0 fully saturated rings. The summed E-state index contributed by atoms with van der Waals surface area (Å²) in [5, 5.41) is 7.50. The van der Waals surface area contributed by atoms with Crippen molar-refractivity contribution in [2.24, 2.45) is 7.05 Å². The third kappa shape index (κ3) is 1.85. The molecule has 0 amide bonds. The van der Waals surface area contributed by atoms with Crippen LogP contribution in [0.15, 0.2) is 18.3 Å². The lowest BCUT2D eigenvalue weighted by Crippen LogP contribution is -2.09.